The maximum absolute atomic E-state index is 11.7. The number of para-hydroxylation sites is 1. The van der Waals surface area contributed by atoms with Gasteiger partial charge in [0.05, 0.1) is 4.92 Å². The van der Waals surface area contributed by atoms with Gasteiger partial charge in [0.15, 0.2) is 0 Å². The standard InChI is InChI=1S/C27H23NO2/c1-26(23-14-8-9-15-25(23)28(29)30)17-16-21-20-12-6-7-13-22(20)27(2,24(21)18-26)19-10-4-3-5-11-19/h3-17H,18H2,1-2H3. The molecule has 0 spiro atoms. The quantitative estimate of drug-likeness (QED) is 0.372. The highest BCUT2D eigenvalue weighted by Crippen LogP contribution is 2.57. The number of hydrogen-bond acceptors (Lipinski definition) is 2. The number of hydrogen-bond donors (Lipinski definition) is 0. The summed E-state index contributed by atoms with van der Waals surface area (Å²) in [4.78, 5) is 11.5. The lowest BCUT2D eigenvalue weighted by molar-refractivity contribution is -0.385. The molecule has 2 atom stereocenters. The van der Waals surface area contributed by atoms with Gasteiger partial charge in [-0.15, -0.1) is 0 Å². The predicted octanol–water partition coefficient (Wildman–Crippen LogP) is 6.59. The normalized spacial score (nSPS) is 24.5. The topological polar surface area (TPSA) is 43.1 Å². The van der Waals surface area contributed by atoms with E-state index in [1.54, 1.807) is 12.1 Å². The van der Waals surface area contributed by atoms with Crippen LogP contribution in [0.15, 0.2) is 96.6 Å². The van der Waals surface area contributed by atoms with Gasteiger partial charge in [-0.3, -0.25) is 10.1 Å². The molecule has 2 unspecified atom stereocenters. The molecular weight excluding hydrogens is 370 g/mol. The summed E-state index contributed by atoms with van der Waals surface area (Å²) in [5.41, 5.74) is 6.66. The summed E-state index contributed by atoms with van der Waals surface area (Å²) in [6.45, 7) is 4.41. The molecule has 0 saturated heterocycles. The molecule has 5 rings (SSSR count). The molecule has 0 radical (unpaired) electrons. The summed E-state index contributed by atoms with van der Waals surface area (Å²) in [6, 6.07) is 26.3. The monoisotopic (exact) mass is 393 g/mol. The minimum atomic E-state index is -0.444. The predicted molar refractivity (Wildman–Crippen MR) is 120 cm³/mol. The van der Waals surface area contributed by atoms with Crippen molar-refractivity contribution in [2.75, 3.05) is 0 Å². The van der Waals surface area contributed by atoms with Gasteiger partial charge in [0, 0.05) is 22.5 Å². The Balaban J connectivity index is 1.70. The van der Waals surface area contributed by atoms with Gasteiger partial charge >= 0.3 is 0 Å². The van der Waals surface area contributed by atoms with E-state index in [4.69, 9.17) is 0 Å². The van der Waals surface area contributed by atoms with Crippen molar-refractivity contribution in [3.8, 4) is 0 Å². The molecule has 3 aromatic carbocycles. The number of nitrogens with zero attached hydrogens (tertiary/aromatic N) is 1. The van der Waals surface area contributed by atoms with Crippen molar-refractivity contribution in [1.82, 2.24) is 0 Å². The van der Waals surface area contributed by atoms with Crippen molar-refractivity contribution >= 4 is 11.3 Å². The molecule has 0 heterocycles. The number of allylic oxidation sites excluding steroid dienone is 4. The summed E-state index contributed by atoms with van der Waals surface area (Å²) in [5, 5.41) is 11.7. The number of fused-ring (bicyclic) bond motifs is 2. The van der Waals surface area contributed by atoms with Crippen LogP contribution < -0.4 is 0 Å². The van der Waals surface area contributed by atoms with Gasteiger partial charge in [-0.25, -0.2) is 0 Å². The van der Waals surface area contributed by atoms with E-state index in [-0.39, 0.29) is 16.0 Å². The fourth-order valence-electron chi connectivity index (χ4n) is 5.31. The molecule has 3 nitrogen and oxygen atoms in total. The Bertz CT molecular complexity index is 1220. The number of nitro groups is 1. The second kappa shape index (κ2) is 6.53. The van der Waals surface area contributed by atoms with Crippen molar-refractivity contribution < 1.29 is 4.92 Å². The van der Waals surface area contributed by atoms with Crippen LogP contribution in [0, 0.1) is 10.1 Å². The molecule has 148 valence electrons. The van der Waals surface area contributed by atoms with Gasteiger partial charge in [-0.2, -0.15) is 0 Å². The van der Waals surface area contributed by atoms with Gasteiger partial charge in [0.1, 0.15) is 0 Å². The average Bonchev–Trinajstić information content (AvgIpc) is 3.03. The lowest BCUT2D eigenvalue weighted by atomic mass is 9.65. The zero-order valence-electron chi connectivity index (χ0n) is 17.1. The molecular formula is C27H23NO2. The van der Waals surface area contributed by atoms with Gasteiger partial charge in [0.2, 0.25) is 0 Å². The van der Waals surface area contributed by atoms with E-state index in [0.717, 1.165) is 12.0 Å². The Kier molecular flexibility index (Phi) is 4.04. The Morgan fingerprint density at radius 2 is 1.47 bits per heavy atom. The number of rotatable bonds is 3. The van der Waals surface area contributed by atoms with Gasteiger partial charge in [-0.05, 0) is 41.2 Å². The van der Waals surface area contributed by atoms with E-state index in [0.29, 0.717) is 0 Å². The summed E-state index contributed by atoms with van der Waals surface area (Å²) in [5.74, 6) is 0. The first-order valence-electron chi connectivity index (χ1n) is 10.3. The van der Waals surface area contributed by atoms with Crippen LogP contribution in [-0.4, -0.2) is 4.92 Å². The lowest BCUT2D eigenvalue weighted by Crippen LogP contribution is -2.31. The van der Waals surface area contributed by atoms with Crippen molar-refractivity contribution in [2.24, 2.45) is 0 Å². The molecule has 0 aromatic heterocycles. The van der Waals surface area contributed by atoms with Crippen LogP contribution in [0.25, 0.3) is 5.57 Å². The van der Waals surface area contributed by atoms with Crippen LogP contribution in [0.3, 0.4) is 0 Å². The second-order valence-corrected chi connectivity index (χ2v) is 8.63. The zero-order chi connectivity index (χ0) is 20.9. The van der Waals surface area contributed by atoms with Gasteiger partial charge in [0.25, 0.3) is 5.69 Å². The Morgan fingerprint density at radius 1 is 0.833 bits per heavy atom. The number of benzene rings is 3. The minimum Gasteiger partial charge on any atom is -0.258 e. The lowest BCUT2D eigenvalue weighted by Gasteiger charge is -2.37. The highest BCUT2D eigenvalue weighted by molar-refractivity contribution is 5.89. The smallest absolute Gasteiger partial charge is 0.258 e. The third-order valence-electron chi connectivity index (χ3n) is 6.91. The van der Waals surface area contributed by atoms with Gasteiger partial charge in [-0.1, -0.05) is 91.9 Å². The molecule has 0 amide bonds. The van der Waals surface area contributed by atoms with E-state index in [1.165, 1.54) is 27.8 Å². The maximum atomic E-state index is 11.7. The third kappa shape index (κ3) is 2.51. The molecule has 30 heavy (non-hydrogen) atoms. The number of nitro benzene ring substituents is 1. The molecule has 3 aromatic rings. The van der Waals surface area contributed by atoms with Crippen LogP contribution in [0.1, 0.15) is 42.5 Å². The van der Waals surface area contributed by atoms with Crippen LogP contribution >= 0.6 is 0 Å². The van der Waals surface area contributed by atoms with Crippen LogP contribution in [0.4, 0.5) is 5.69 Å². The molecule has 0 N–H and O–H groups in total. The molecule has 0 aliphatic heterocycles. The Morgan fingerprint density at radius 3 is 2.20 bits per heavy atom. The van der Waals surface area contributed by atoms with E-state index < -0.39 is 5.41 Å². The molecule has 0 fully saturated rings. The van der Waals surface area contributed by atoms with Crippen molar-refractivity contribution in [3.05, 3.63) is 129 Å². The second-order valence-electron chi connectivity index (χ2n) is 8.63. The van der Waals surface area contributed by atoms with Crippen molar-refractivity contribution in [3.63, 3.8) is 0 Å². The summed E-state index contributed by atoms with van der Waals surface area (Å²) in [6.07, 6.45) is 5.08. The Hall–Kier alpha value is -3.46. The Labute approximate surface area is 176 Å². The largest absolute Gasteiger partial charge is 0.273 e. The summed E-state index contributed by atoms with van der Waals surface area (Å²) < 4.78 is 0. The zero-order valence-corrected chi connectivity index (χ0v) is 17.1. The van der Waals surface area contributed by atoms with Crippen LogP contribution in [0.5, 0.6) is 0 Å². The van der Waals surface area contributed by atoms with E-state index >= 15 is 0 Å². The van der Waals surface area contributed by atoms with E-state index in [1.807, 2.05) is 18.2 Å². The van der Waals surface area contributed by atoms with Crippen molar-refractivity contribution in [1.29, 1.82) is 0 Å². The van der Waals surface area contributed by atoms with E-state index in [2.05, 4.69) is 74.5 Å². The summed E-state index contributed by atoms with van der Waals surface area (Å²) >= 11 is 0. The highest BCUT2D eigenvalue weighted by Gasteiger charge is 2.46. The molecule has 2 aliphatic rings. The molecule has 0 bridgehead atoms. The SMILES string of the molecule is CC1(c2ccccc2[N+](=O)[O-])C=CC2=C(C1)C(C)(c1ccccc1)c1ccccc12. The van der Waals surface area contributed by atoms with E-state index in [9.17, 15) is 10.1 Å². The van der Waals surface area contributed by atoms with Crippen molar-refractivity contribution in [2.45, 2.75) is 31.1 Å². The van der Waals surface area contributed by atoms with Crippen LogP contribution in [0.2, 0.25) is 0 Å². The average molecular weight is 393 g/mol. The third-order valence-corrected chi connectivity index (χ3v) is 6.91. The molecule has 0 saturated carbocycles. The summed E-state index contributed by atoms with van der Waals surface area (Å²) in [7, 11) is 0. The first-order chi connectivity index (χ1) is 14.4. The molecule has 2 aliphatic carbocycles. The fourth-order valence-corrected chi connectivity index (χ4v) is 5.31. The highest BCUT2D eigenvalue weighted by atomic mass is 16.6. The maximum Gasteiger partial charge on any atom is 0.273 e. The molecule has 3 heteroatoms. The first kappa shape index (κ1) is 18.6. The van der Waals surface area contributed by atoms with Crippen LogP contribution in [-0.2, 0) is 10.8 Å². The van der Waals surface area contributed by atoms with Gasteiger partial charge < -0.3 is 0 Å². The fraction of sp³-hybridized carbons (Fsp3) is 0.185. The first-order valence-corrected chi connectivity index (χ1v) is 10.3. The minimum absolute atomic E-state index is 0.186.